The molecule has 92 valence electrons. The minimum absolute atomic E-state index is 0.0588. The molecule has 0 heterocycles. The molecule has 17 heavy (non-hydrogen) atoms. The lowest BCUT2D eigenvalue weighted by atomic mass is 10.1. The van der Waals surface area contributed by atoms with Gasteiger partial charge >= 0.3 is 6.18 Å². The zero-order valence-corrected chi connectivity index (χ0v) is 9.67. The predicted octanol–water partition coefficient (Wildman–Crippen LogP) is 3.42. The summed E-state index contributed by atoms with van der Waals surface area (Å²) < 4.78 is 37.4. The van der Waals surface area contributed by atoms with Crippen molar-refractivity contribution in [2.75, 3.05) is 18.0 Å². The van der Waals surface area contributed by atoms with Crippen LogP contribution >= 0.6 is 0 Å². The fraction of sp³-hybridized carbons (Fsp3) is 0.417. The van der Waals surface area contributed by atoms with E-state index in [1.807, 2.05) is 24.8 Å². The molecule has 0 radical (unpaired) electrons. The molecular formula is C12H13F3N2. The number of hydrogen-bond donors (Lipinski definition) is 0. The molecule has 0 aliphatic carbocycles. The maximum absolute atomic E-state index is 12.5. The fourth-order valence-electron chi connectivity index (χ4n) is 1.64. The Hall–Kier alpha value is -1.70. The van der Waals surface area contributed by atoms with E-state index in [1.54, 1.807) is 0 Å². The molecule has 0 saturated heterocycles. The van der Waals surface area contributed by atoms with Crippen molar-refractivity contribution in [3.8, 4) is 6.07 Å². The summed E-state index contributed by atoms with van der Waals surface area (Å²) in [5, 5.41) is 8.90. The van der Waals surface area contributed by atoms with Crippen molar-refractivity contribution in [3.05, 3.63) is 29.3 Å². The van der Waals surface area contributed by atoms with E-state index in [0.717, 1.165) is 12.1 Å². The summed E-state index contributed by atoms with van der Waals surface area (Å²) in [7, 11) is 0. The van der Waals surface area contributed by atoms with Crippen LogP contribution < -0.4 is 4.90 Å². The molecular weight excluding hydrogens is 229 g/mol. The second-order valence-electron chi connectivity index (χ2n) is 3.51. The van der Waals surface area contributed by atoms with Crippen LogP contribution in [0.5, 0.6) is 0 Å². The zero-order chi connectivity index (χ0) is 13.1. The molecule has 0 amide bonds. The highest BCUT2D eigenvalue weighted by atomic mass is 19.4. The average Bonchev–Trinajstić information content (AvgIpc) is 2.29. The lowest BCUT2D eigenvalue weighted by molar-refractivity contribution is -0.137. The van der Waals surface area contributed by atoms with Gasteiger partial charge in [0.25, 0.3) is 0 Å². The normalized spacial score (nSPS) is 11.1. The van der Waals surface area contributed by atoms with E-state index in [-0.39, 0.29) is 5.56 Å². The van der Waals surface area contributed by atoms with E-state index in [0.29, 0.717) is 18.8 Å². The van der Waals surface area contributed by atoms with E-state index >= 15 is 0 Å². The number of nitrogens with zero attached hydrogens (tertiary/aromatic N) is 2. The molecule has 5 heteroatoms. The van der Waals surface area contributed by atoms with Gasteiger partial charge in [-0.15, -0.1) is 0 Å². The fourth-order valence-corrected chi connectivity index (χ4v) is 1.64. The Kier molecular flexibility index (Phi) is 4.00. The molecule has 0 aromatic heterocycles. The van der Waals surface area contributed by atoms with Crippen LogP contribution in [-0.2, 0) is 6.18 Å². The minimum Gasteiger partial charge on any atom is -0.371 e. The van der Waals surface area contributed by atoms with E-state index < -0.39 is 11.7 Å². The first-order chi connectivity index (χ1) is 7.93. The number of nitriles is 1. The molecule has 1 rings (SSSR count). The first-order valence-electron chi connectivity index (χ1n) is 5.30. The lowest BCUT2D eigenvalue weighted by Gasteiger charge is -2.22. The van der Waals surface area contributed by atoms with E-state index in [9.17, 15) is 13.2 Å². The van der Waals surface area contributed by atoms with Gasteiger partial charge in [-0.1, -0.05) is 0 Å². The number of benzene rings is 1. The van der Waals surface area contributed by atoms with Crippen molar-refractivity contribution >= 4 is 5.69 Å². The molecule has 0 spiro atoms. The summed E-state index contributed by atoms with van der Waals surface area (Å²) in [5.41, 5.74) is -0.181. The van der Waals surface area contributed by atoms with Crippen molar-refractivity contribution in [3.63, 3.8) is 0 Å². The molecule has 0 N–H and O–H groups in total. The van der Waals surface area contributed by atoms with Gasteiger partial charge in [-0.3, -0.25) is 0 Å². The van der Waals surface area contributed by atoms with E-state index in [1.165, 1.54) is 6.07 Å². The summed E-state index contributed by atoms with van der Waals surface area (Å²) in [6.45, 7) is 5.08. The van der Waals surface area contributed by atoms with Crippen LogP contribution in [0.4, 0.5) is 18.9 Å². The lowest BCUT2D eigenvalue weighted by Crippen LogP contribution is -2.23. The highest BCUT2D eigenvalue weighted by molar-refractivity contribution is 5.60. The molecule has 0 fully saturated rings. The van der Waals surface area contributed by atoms with E-state index in [2.05, 4.69) is 0 Å². The highest BCUT2D eigenvalue weighted by Crippen LogP contribution is 2.32. The van der Waals surface area contributed by atoms with Gasteiger partial charge in [-0.05, 0) is 32.0 Å². The van der Waals surface area contributed by atoms with Crippen LogP contribution in [0.2, 0.25) is 0 Å². The number of anilines is 1. The first-order valence-corrected chi connectivity index (χ1v) is 5.30. The standard InChI is InChI=1S/C12H13F3N2/c1-3-17(4-2)11-6-5-10(12(13,14)15)7-9(11)8-16/h5-7H,3-4H2,1-2H3. The third-order valence-corrected chi connectivity index (χ3v) is 2.55. The number of rotatable bonds is 3. The second kappa shape index (κ2) is 5.09. The van der Waals surface area contributed by atoms with Crippen molar-refractivity contribution in [1.29, 1.82) is 5.26 Å². The zero-order valence-electron chi connectivity index (χ0n) is 9.67. The van der Waals surface area contributed by atoms with Gasteiger partial charge in [-0.25, -0.2) is 0 Å². The van der Waals surface area contributed by atoms with Crippen LogP contribution in [0.25, 0.3) is 0 Å². The topological polar surface area (TPSA) is 27.0 Å². The Bertz CT molecular complexity index is 428. The number of halogens is 3. The van der Waals surface area contributed by atoms with E-state index in [4.69, 9.17) is 5.26 Å². The van der Waals surface area contributed by atoms with Crippen LogP contribution in [-0.4, -0.2) is 13.1 Å². The third-order valence-electron chi connectivity index (χ3n) is 2.55. The van der Waals surface area contributed by atoms with Gasteiger partial charge < -0.3 is 4.90 Å². The third kappa shape index (κ3) is 2.90. The summed E-state index contributed by atoms with van der Waals surface area (Å²) in [5.74, 6) is 0. The summed E-state index contributed by atoms with van der Waals surface area (Å²) in [6, 6.07) is 5.08. The molecule has 2 nitrogen and oxygen atoms in total. The van der Waals surface area contributed by atoms with Gasteiger partial charge in [0, 0.05) is 13.1 Å². The van der Waals surface area contributed by atoms with Gasteiger partial charge in [0.05, 0.1) is 16.8 Å². The van der Waals surface area contributed by atoms with Crippen LogP contribution in [0, 0.1) is 11.3 Å². The summed E-state index contributed by atoms with van der Waals surface area (Å²) in [6.07, 6.45) is -4.41. The largest absolute Gasteiger partial charge is 0.416 e. The summed E-state index contributed by atoms with van der Waals surface area (Å²) >= 11 is 0. The summed E-state index contributed by atoms with van der Waals surface area (Å²) in [4.78, 5) is 1.85. The van der Waals surface area contributed by atoms with Crippen LogP contribution in [0.15, 0.2) is 18.2 Å². The van der Waals surface area contributed by atoms with Crippen molar-refractivity contribution in [2.45, 2.75) is 20.0 Å². The number of hydrogen-bond acceptors (Lipinski definition) is 2. The Morgan fingerprint density at radius 2 is 1.82 bits per heavy atom. The molecule has 0 bridgehead atoms. The molecule has 0 saturated carbocycles. The Labute approximate surface area is 98.3 Å². The van der Waals surface area contributed by atoms with Gasteiger partial charge in [0.2, 0.25) is 0 Å². The van der Waals surface area contributed by atoms with Gasteiger partial charge in [0.15, 0.2) is 0 Å². The SMILES string of the molecule is CCN(CC)c1ccc(C(F)(F)F)cc1C#N. The smallest absolute Gasteiger partial charge is 0.371 e. The minimum atomic E-state index is -4.41. The van der Waals surface area contributed by atoms with Gasteiger partial charge in [0.1, 0.15) is 6.07 Å². The number of alkyl halides is 3. The molecule has 0 unspecified atom stereocenters. The molecule has 0 aliphatic heterocycles. The molecule has 0 atom stereocenters. The quantitative estimate of drug-likeness (QED) is 0.812. The molecule has 1 aromatic carbocycles. The first kappa shape index (κ1) is 13.4. The van der Waals surface area contributed by atoms with Gasteiger partial charge in [-0.2, -0.15) is 18.4 Å². The monoisotopic (exact) mass is 242 g/mol. The average molecular weight is 242 g/mol. The predicted molar refractivity (Wildman–Crippen MR) is 59.7 cm³/mol. The Morgan fingerprint density at radius 3 is 2.24 bits per heavy atom. The second-order valence-corrected chi connectivity index (χ2v) is 3.51. The Morgan fingerprint density at radius 1 is 1.24 bits per heavy atom. The van der Waals surface area contributed by atoms with Crippen molar-refractivity contribution < 1.29 is 13.2 Å². The van der Waals surface area contributed by atoms with Crippen molar-refractivity contribution in [2.24, 2.45) is 0 Å². The maximum Gasteiger partial charge on any atom is 0.416 e. The van der Waals surface area contributed by atoms with Crippen molar-refractivity contribution in [1.82, 2.24) is 0 Å². The molecule has 0 aliphatic rings. The van der Waals surface area contributed by atoms with Crippen LogP contribution in [0.3, 0.4) is 0 Å². The Balaban J connectivity index is 3.24. The van der Waals surface area contributed by atoms with Crippen LogP contribution in [0.1, 0.15) is 25.0 Å². The maximum atomic E-state index is 12.5. The molecule has 1 aromatic rings. The highest BCUT2D eigenvalue weighted by Gasteiger charge is 2.31.